The van der Waals surface area contributed by atoms with Gasteiger partial charge in [-0.05, 0) is 60.2 Å². The second-order valence-corrected chi connectivity index (χ2v) is 14.2. The molecule has 2 fully saturated rings. The lowest BCUT2D eigenvalue weighted by atomic mass is 10.0. The van der Waals surface area contributed by atoms with Crippen molar-refractivity contribution in [2.45, 2.75) is 38.3 Å². The molecular formula is C41H48N8O6. The van der Waals surface area contributed by atoms with Crippen molar-refractivity contribution in [3.8, 4) is 28.1 Å². The number of anilines is 1. The molecule has 0 aliphatic carbocycles. The molecule has 1 atom stereocenters. The molecule has 4 heterocycles. The standard InChI is InChI=1S/C41H48N8O6/c1-46-38-30(6-4-9-34(38)49(41(46)53)35-15-16-37(51)43-40(35)52)7-5-22-54-24-25-55-23-21-47-17-19-48(20-18-47)27-28-11-13-29(14-12-28)32-26-33(44-45-39(32)42)31-8-2-3-10-36(31)50/h2-4,6,8-14,26,35,50H,5,7,15-25,27H2,1H3,(H2,42,45)(H,43,51,52). The Morgan fingerprint density at radius 2 is 1.60 bits per heavy atom. The van der Waals surface area contributed by atoms with Gasteiger partial charge in [-0.3, -0.25) is 33.8 Å². The van der Waals surface area contributed by atoms with Crippen LogP contribution in [0.5, 0.6) is 5.75 Å². The van der Waals surface area contributed by atoms with Gasteiger partial charge in [0.1, 0.15) is 11.8 Å². The number of nitrogens with two attached hydrogens (primary N) is 1. The molecule has 3 aromatic carbocycles. The summed E-state index contributed by atoms with van der Waals surface area (Å²) >= 11 is 0. The number of aromatic nitrogens is 4. The molecule has 4 N–H and O–H groups in total. The van der Waals surface area contributed by atoms with Crippen molar-refractivity contribution in [3.63, 3.8) is 0 Å². The number of hydrogen-bond donors (Lipinski definition) is 3. The number of para-hydroxylation sites is 2. The van der Waals surface area contributed by atoms with Gasteiger partial charge >= 0.3 is 5.69 Å². The Bertz CT molecular complexity index is 2190. The van der Waals surface area contributed by atoms with Crippen LogP contribution in [-0.2, 0) is 39.1 Å². The highest BCUT2D eigenvalue weighted by Crippen LogP contribution is 2.32. The normalized spacial score (nSPS) is 16.9. The number of imide groups is 1. The maximum absolute atomic E-state index is 13.2. The second-order valence-electron chi connectivity index (χ2n) is 14.2. The molecular weight excluding hydrogens is 701 g/mol. The molecule has 0 saturated carbocycles. The number of carbonyl (C=O) groups is 2. The molecule has 5 aromatic rings. The molecule has 1 unspecified atom stereocenters. The van der Waals surface area contributed by atoms with Gasteiger partial charge in [0, 0.05) is 70.5 Å². The van der Waals surface area contributed by atoms with Crippen LogP contribution in [0, 0.1) is 0 Å². The Morgan fingerprint density at radius 3 is 2.36 bits per heavy atom. The average molecular weight is 749 g/mol. The first-order valence-electron chi connectivity index (χ1n) is 18.9. The second kappa shape index (κ2) is 17.4. The molecule has 14 heteroatoms. The number of ether oxygens (including phenoxy) is 2. The summed E-state index contributed by atoms with van der Waals surface area (Å²) in [5, 5.41) is 21.0. The highest BCUT2D eigenvalue weighted by molar-refractivity contribution is 6.00. The van der Waals surface area contributed by atoms with Crippen LogP contribution in [0.2, 0.25) is 0 Å². The molecule has 2 saturated heterocycles. The van der Waals surface area contributed by atoms with E-state index in [1.54, 1.807) is 29.8 Å². The summed E-state index contributed by atoms with van der Waals surface area (Å²) in [5.41, 5.74) is 12.6. The van der Waals surface area contributed by atoms with Crippen molar-refractivity contribution < 1.29 is 24.2 Å². The molecule has 7 rings (SSSR count). The highest BCUT2D eigenvalue weighted by atomic mass is 16.5. The first-order valence-corrected chi connectivity index (χ1v) is 18.9. The SMILES string of the molecule is Cn1c(=O)n(C2CCC(=O)NC2=O)c2cccc(CCCOCCOCCN3CCN(Cc4ccc(-c5cc(-c6ccccc6O)nnc5N)cc4)CC3)c21. The van der Waals surface area contributed by atoms with Gasteiger partial charge in [-0.2, -0.15) is 0 Å². The predicted molar refractivity (Wildman–Crippen MR) is 209 cm³/mol. The predicted octanol–water partition coefficient (Wildman–Crippen LogP) is 3.51. The summed E-state index contributed by atoms with van der Waals surface area (Å²) in [6.45, 7) is 7.98. The summed E-state index contributed by atoms with van der Waals surface area (Å²) in [6.07, 6.45) is 2.03. The topological polar surface area (TPSA) is 170 Å². The van der Waals surface area contributed by atoms with Gasteiger partial charge in [-0.25, -0.2) is 4.79 Å². The van der Waals surface area contributed by atoms with E-state index in [1.807, 2.05) is 30.3 Å². The zero-order valence-corrected chi connectivity index (χ0v) is 31.2. The number of imidazole rings is 1. The number of aromatic hydroxyl groups is 1. The Morgan fingerprint density at radius 1 is 0.855 bits per heavy atom. The number of amides is 2. The van der Waals surface area contributed by atoms with Gasteiger partial charge in [-0.15, -0.1) is 10.2 Å². The smallest absolute Gasteiger partial charge is 0.329 e. The fourth-order valence-corrected chi connectivity index (χ4v) is 7.50. The van der Waals surface area contributed by atoms with Gasteiger partial charge in [-0.1, -0.05) is 48.5 Å². The molecule has 14 nitrogen and oxygen atoms in total. The number of phenolic OH excluding ortho intramolecular Hbond substituents is 1. The van der Waals surface area contributed by atoms with Crippen LogP contribution in [0.15, 0.2) is 77.6 Å². The van der Waals surface area contributed by atoms with E-state index in [-0.39, 0.29) is 23.8 Å². The Hall–Kier alpha value is -5.41. The third-order valence-electron chi connectivity index (χ3n) is 10.5. The van der Waals surface area contributed by atoms with E-state index in [2.05, 4.69) is 49.6 Å². The molecule has 2 aromatic heterocycles. The molecule has 288 valence electrons. The minimum atomic E-state index is -0.695. The number of carbonyl (C=O) groups excluding carboxylic acids is 2. The summed E-state index contributed by atoms with van der Waals surface area (Å²) in [7, 11) is 1.72. The van der Waals surface area contributed by atoms with Crippen LogP contribution in [0.4, 0.5) is 5.82 Å². The monoisotopic (exact) mass is 748 g/mol. The summed E-state index contributed by atoms with van der Waals surface area (Å²) < 4.78 is 14.8. The van der Waals surface area contributed by atoms with E-state index in [0.29, 0.717) is 55.4 Å². The van der Waals surface area contributed by atoms with Gasteiger partial charge in [0.15, 0.2) is 5.82 Å². The van der Waals surface area contributed by atoms with Crippen molar-refractivity contribution in [1.82, 2.24) is 34.4 Å². The number of phenols is 1. The van der Waals surface area contributed by atoms with Gasteiger partial charge < -0.3 is 20.3 Å². The first-order chi connectivity index (χ1) is 26.8. The van der Waals surface area contributed by atoms with Crippen molar-refractivity contribution >= 4 is 28.7 Å². The third-order valence-corrected chi connectivity index (χ3v) is 10.5. The minimum Gasteiger partial charge on any atom is -0.507 e. The van der Waals surface area contributed by atoms with E-state index in [0.717, 1.165) is 74.3 Å². The number of nitrogen functional groups attached to an aromatic ring is 1. The van der Waals surface area contributed by atoms with Crippen LogP contribution in [0.1, 0.15) is 36.4 Å². The van der Waals surface area contributed by atoms with Crippen LogP contribution in [0.3, 0.4) is 0 Å². The quantitative estimate of drug-likeness (QED) is 0.106. The fraction of sp³-hybridized carbons (Fsp3) is 0.390. The van der Waals surface area contributed by atoms with E-state index in [9.17, 15) is 19.5 Å². The number of aryl methyl sites for hydroxylation is 2. The van der Waals surface area contributed by atoms with E-state index in [4.69, 9.17) is 15.2 Å². The van der Waals surface area contributed by atoms with Crippen molar-refractivity contribution in [2.24, 2.45) is 7.05 Å². The van der Waals surface area contributed by atoms with E-state index >= 15 is 0 Å². The lowest BCUT2D eigenvalue weighted by Crippen LogP contribution is -2.46. The van der Waals surface area contributed by atoms with Gasteiger partial charge in [0.25, 0.3) is 0 Å². The number of piperidine rings is 1. The third kappa shape index (κ3) is 8.78. The largest absolute Gasteiger partial charge is 0.507 e. The van der Waals surface area contributed by atoms with Crippen molar-refractivity contribution in [2.75, 3.05) is 64.9 Å². The Labute approximate surface area is 319 Å². The lowest BCUT2D eigenvalue weighted by Gasteiger charge is -2.34. The molecule has 2 amide bonds. The molecule has 0 radical (unpaired) electrons. The van der Waals surface area contributed by atoms with Gasteiger partial charge in [0.05, 0.1) is 36.5 Å². The highest BCUT2D eigenvalue weighted by Gasteiger charge is 2.31. The summed E-state index contributed by atoms with van der Waals surface area (Å²) in [4.78, 5) is 42.2. The maximum Gasteiger partial charge on any atom is 0.329 e. The Balaban J connectivity index is 0.784. The van der Waals surface area contributed by atoms with Crippen LogP contribution >= 0.6 is 0 Å². The van der Waals surface area contributed by atoms with Crippen molar-refractivity contribution in [1.29, 1.82) is 0 Å². The summed E-state index contributed by atoms with van der Waals surface area (Å²) in [6, 6.07) is 22.4. The zero-order chi connectivity index (χ0) is 38.3. The molecule has 2 aliphatic heterocycles. The molecule has 55 heavy (non-hydrogen) atoms. The number of piperazine rings is 1. The number of hydrogen-bond acceptors (Lipinski definition) is 11. The molecule has 0 bridgehead atoms. The van der Waals surface area contributed by atoms with Crippen molar-refractivity contribution in [3.05, 3.63) is 94.4 Å². The number of rotatable bonds is 15. The zero-order valence-electron chi connectivity index (χ0n) is 31.2. The lowest BCUT2D eigenvalue weighted by molar-refractivity contribution is -0.135. The first kappa shape index (κ1) is 37.9. The number of nitrogens with one attached hydrogen (secondary N) is 1. The van der Waals surface area contributed by atoms with E-state index < -0.39 is 11.9 Å². The summed E-state index contributed by atoms with van der Waals surface area (Å²) in [5.74, 6) is -0.240. The van der Waals surface area contributed by atoms with Gasteiger partial charge in [0.2, 0.25) is 11.8 Å². The van der Waals surface area contributed by atoms with Crippen LogP contribution < -0.4 is 16.7 Å². The van der Waals surface area contributed by atoms with E-state index in [1.165, 1.54) is 10.1 Å². The molecule has 0 spiro atoms. The maximum atomic E-state index is 13.2. The van der Waals surface area contributed by atoms with Crippen LogP contribution in [-0.4, -0.2) is 105 Å². The molecule has 2 aliphatic rings. The Kier molecular flexibility index (Phi) is 12.0. The fourth-order valence-electron chi connectivity index (χ4n) is 7.50. The number of nitrogens with zero attached hydrogens (tertiary/aromatic N) is 6. The minimum absolute atomic E-state index is 0.149. The number of fused-ring (bicyclic) bond motifs is 1. The average Bonchev–Trinajstić information content (AvgIpc) is 3.44. The van der Waals surface area contributed by atoms with Crippen LogP contribution in [0.25, 0.3) is 33.4 Å². The number of benzene rings is 3.